The maximum atomic E-state index is 12.0. The highest BCUT2D eigenvalue weighted by Crippen LogP contribution is 2.17. The predicted octanol–water partition coefficient (Wildman–Crippen LogP) is 3.89. The van der Waals surface area contributed by atoms with Crippen molar-refractivity contribution in [1.82, 2.24) is 10.2 Å². The number of benzene rings is 1. The van der Waals surface area contributed by atoms with Crippen LogP contribution in [0.4, 0.5) is 4.79 Å². The monoisotopic (exact) mass is 278 g/mol. The second-order valence-electron chi connectivity index (χ2n) is 4.84. The highest BCUT2D eigenvalue weighted by molar-refractivity contribution is 6.32. The maximum absolute atomic E-state index is 12.0. The maximum Gasteiger partial charge on any atom is 0.321 e. The molecule has 1 saturated heterocycles. The Labute approximate surface area is 119 Å². The summed E-state index contributed by atoms with van der Waals surface area (Å²) in [6.45, 7) is 2.93. The lowest BCUT2D eigenvalue weighted by atomic mass is 10.0. The van der Waals surface area contributed by atoms with Crippen LogP contribution in [0.1, 0.15) is 31.7 Å². The molecule has 1 aromatic rings. The summed E-state index contributed by atoms with van der Waals surface area (Å²) >= 11 is 6.04. The lowest BCUT2D eigenvalue weighted by molar-refractivity contribution is 0.161. The molecule has 2 amide bonds. The minimum absolute atomic E-state index is 0.0319. The molecule has 1 aromatic carbocycles. The van der Waals surface area contributed by atoms with Crippen LogP contribution in [-0.4, -0.2) is 23.5 Å². The molecule has 0 radical (unpaired) electrons. The number of carbonyl (C=O) groups is 1. The first-order valence-electron chi connectivity index (χ1n) is 6.66. The van der Waals surface area contributed by atoms with Crippen molar-refractivity contribution in [2.45, 2.75) is 32.2 Å². The Morgan fingerprint density at radius 1 is 1.42 bits per heavy atom. The number of hydrogen-bond acceptors (Lipinski definition) is 1. The van der Waals surface area contributed by atoms with E-state index in [1.807, 2.05) is 35.2 Å². The summed E-state index contributed by atoms with van der Waals surface area (Å²) in [6, 6.07) is 7.83. The van der Waals surface area contributed by atoms with Gasteiger partial charge in [0.15, 0.2) is 0 Å². The van der Waals surface area contributed by atoms with Crippen molar-refractivity contribution in [2.75, 3.05) is 6.54 Å². The number of nitrogens with zero attached hydrogens (tertiary/aromatic N) is 1. The van der Waals surface area contributed by atoms with Crippen LogP contribution in [0, 0.1) is 0 Å². The zero-order chi connectivity index (χ0) is 13.7. The molecule has 1 aliphatic rings. The molecule has 0 aromatic heterocycles. The summed E-state index contributed by atoms with van der Waals surface area (Å²) in [7, 11) is 0. The van der Waals surface area contributed by atoms with Crippen LogP contribution >= 0.6 is 11.6 Å². The van der Waals surface area contributed by atoms with Crippen molar-refractivity contribution < 1.29 is 4.79 Å². The summed E-state index contributed by atoms with van der Waals surface area (Å²) in [4.78, 5) is 13.9. The largest absolute Gasteiger partial charge is 0.322 e. The Kier molecular flexibility index (Phi) is 4.86. The number of hydrogen-bond donors (Lipinski definition) is 1. The molecule has 1 fully saturated rings. The fourth-order valence-corrected chi connectivity index (χ4v) is 2.49. The predicted molar refractivity (Wildman–Crippen MR) is 79.0 cm³/mol. The van der Waals surface area contributed by atoms with Crippen LogP contribution in [0.25, 0.3) is 6.08 Å². The summed E-state index contributed by atoms with van der Waals surface area (Å²) in [5.41, 5.74) is 0.899. The third-order valence-electron chi connectivity index (χ3n) is 3.44. The van der Waals surface area contributed by atoms with E-state index in [2.05, 4.69) is 12.2 Å². The number of carbonyl (C=O) groups excluding carboxylic acids is 1. The number of rotatable bonds is 2. The lowest BCUT2D eigenvalue weighted by Crippen LogP contribution is -2.46. The molecule has 102 valence electrons. The van der Waals surface area contributed by atoms with Gasteiger partial charge in [0, 0.05) is 23.8 Å². The molecule has 4 heteroatoms. The molecular formula is C15H19ClN2O. The van der Waals surface area contributed by atoms with Gasteiger partial charge in [-0.15, -0.1) is 0 Å². The molecule has 0 bridgehead atoms. The lowest BCUT2D eigenvalue weighted by Gasteiger charge is -2.32. The summed E-state index contributed by atoms with van der Waals surface area (Å²) < 4.78 is 0. The van der Waals surface area contributed by atoms with Gasteiger partial charge in [-0.1, -0.05) is 29.8 Å². The Hall–Kier alpha value is -1.48. The first-order valence-corrected chi connectivity index (χ1v) is 7.04. The molecule has 0 aliphatic carbocycles. The van der Waals surface area contributed by atoms with Gasteiger partial charge in [-0.25, -0.2) is 4.79 Å². The molecule has 2 rings (SSSR count). The van der Waals surface area contributed by atoms with Crippen LogP contribution in [0.2, 0.25) is 5.02 Å². The van der Waals surface area contributed by atoms with Gasteiger partial charge in [0.2, 0.25) is 0 Å². The quantitative estimate of drug-likeness (QED) is 0.874. The average molecular weight is 279 g/mol. The number of halogens is 1. The molecule has 1 heterocycles. The molecule has 19 heavy (non-hydrogen) atoms. The van der Waals surface area contributed by atoms with Gasteiger partial charge >= 0.3 is 6.03 Å². The van der Waals surface area contributed by atoms with Crippen LogP contribution in [0.5, 0.6) is 0 Å². The van der Waals surface area contributed by atoms with Crippen LogP contribution in [0.15, 0.2) is 30.5 Å². The highest BCUT2D eigenvalue weighted by atomic mass is 35.5. The van der Waals surface area contributed by atoms with Crippen molar-refractivity contribution in [1.29, 1.82) is 0 Å². The van der Waals surface area contributed by atoms with Gasteiger partial charge in [-0.3, -0.25) is 0 Å². The van der Waals surface area contributed by atoms with Crippen molar-refractivity contribution in [3.05, 3.63) is 41.1 Å². The SMILES string of the molecule is CC1CCCCN1C(=O)N/C=C/c1ccccc1Cl. The molecule has 1 unspecified atom stereocenters. The number of urea groups is 1. The third kappa shape index (κ3) is 3.74. The van der Waals surface area contributed by atoms with E-state index in [1.165, 1.54) is 6.42 Å². The topological polar surface area (TPSA) is 32.3 Å². The van der Waals surface area contributed by atoms with Gasteiger partial charge in [0.25, 0.3) is 0 Å². The van der Waals surface area contributed by atoms with Gasteiger partial charge < -0.3 is 10.2 Å². The van der Waals surface area contributed by atoms with E-state index in [9.17, 15) is 4.79 Å². The molecule has 0 saturated carbocycles. The molecule has 3 nitrogen and oxygen atoms in total. The Morgan fingerprint density at radius 3 is 2.95 bits per heavy atom. The van der Waals surface area contributed by atoms with E-state index in [1.54, 1.807) is 6.20 Å². The Bertz CT molecular complexity index is 473. The van der Waals surface area contributed by atoms with E-state index in [0.29, 0.717) is 11.1 Å². The minimum atomic E-state index is -0.0319. The zero-order valence-electron chi connectivity index (χ0n) is 11.1. The molecule has 1 atom stereocenters. The number of amides is 2. The second-order valence-corrected chi connectivity index (χ2v) is 5.25. The molecular weight excluding hydrogens is 260 g/mol. The second kappa shape index (κ2) is 6.62. The third-order valence-corrected chi connectivity index (χ3v) is 3.78. The normalized spacial score (nSPS) is 19.7. The van der Waals surface area contributed by atoms with Crippen LogP contribution < -0.4 is 5.32 Å². The van der Waals surface area contributed by atoms with E-state index < -0.39 is 0 Å². The molecule has 1 N–H and O–H groups in total. The molecule has 0 spiro atoms. The van der Waals surface area contributed by atoms with Gasteiger partial charge in [0.1, 0.15) is 0 Å². The first-order chi connectivity index (χ1) is 9.18. The van der Waals surface area contributed by atoms with Crippen molar-refractivity contribution in [2.24, 2.45) is 0 Å². The standard InChI is InChI=1S/C15H19ClN2O/c1-12-6-4-5-11-18(12)15(19)17-10-9-13-7-2-3-8-14(13)16/h2-3,7-10,12H,4-6,11H2,1H3,(H,17,19)/b10-9+. The first kappa shape index (κ1) is 13.9. The van der Waals surface area contributed by atoms with E-state index >= 15 is 0 Å². The fraction of sp³-hybridized carbons (Fsp3) is 0.400. The van der Waals surface area contributed by atoms with Gasteiger partial charge in [0.05, 0.1) is 0 Å². The minimum Gasteiger partial charge on any atom is -0.322 e. The fourth-order valence-electron chi connectivity index (χ4n) is 2.30. The van der Waals surface area contributed by atoms with Crippen molar-refractivity contribution >= 4 is 23.7 Å². The van der Waals surface area contributed by atoms with Gasteiger partial charge in [-0.2, -0.15) is 0 Å². The Morgan fingerprint density at radius 2 is 2.21 bits per heavy atom. The highest BCUT2D eigenvalue weighted by Gasteiger charge is 2.22. The van der Waals surface area contributed by atoms with Gasteiger partial charge in [-0.05, 0) is 43.9 Å². The van der Waals surface area contributed by atoms with E-state index in [-0.39, 0.29) is 6.03 Å². The summed E-state index contributed by atoms with van der Waals surface area (Å²) in [5, 5.41) is 3.49. The summed E-state index contributed by atoms with van der Waals surface area (Å²) in [5.74, 6) is 0. The zero-order valence-corrected chi connectivity index (χ0v) is 11.9. The molecule has 1 aliphatic heterocycles. The summed E-state index contributed by atoms with van der Waals surface area (Å²) in [6.07, 6.45) is 6.85. The average Bonchev–Trinajstić information content (AvgIpc) is 2.41. The number of likely N-dealkylation sites (tertiary alicyclic amines) is 1. The smallest absolute Gasteiger partial charge is 0.321 e. The number of nitrogens with one attached hydrogen (secondary N) is 1. The van der Waals surface area contributed by atoms with Crippen LogP contribution in [-0.2, 0) is 0 Å². The van der Waals surface area contributed by atoms with Crippen molar-refractivity contribution in [3.8, 4) is 0 Å². The number of piperidine rings is 1. The van der Waals surface area contributed by atoms with Crippen LogP contribution in [0.3, 0.4) is 0 Å². The van der Waals surface area contributed by atoms with E-state index in [0.717, 1.165) is 24.9 Å². The Balaban J connectivity index is 1.91. The van der Waals surface area contributed by atoms with E-state index in [4.69, 9.17) is 11.6 Å². The van der Waals surface area contributed by atoms with Crippen molar-refractivity contribution in [3.63, 3.8) is 0 Å².